The van der Waals surface area contributed by atoms with Gasteiger partial charge in [0, 0.05) is 38.1 Å². The fourth-order valence-corrected chi connectivity index (χ4v) is 4.13. The highest BCUT2D eigenvalue weighted by Gasteiger charge is 2.27. The van der Waals surface area contributed by atoms with Crippen LogP contribution in [-0.4, -0.2) is 45.1 Å². The van der Waals surface area contributed by atoms with Gasteiger partial charge in [-0.25, -0.2) is 4.99 Å². The van der Waals surface area contributed by atoms with Crippen molar-refractivity contribution >= 4 is 5.71 Å². The summed E-state index contributed by atoms with van der Waals surface area (Å²) in [6.45, 7) is 2.82. The van der Waals surface area contributed by atoms with Crippen LogP contribution in [0, 0.1) is 0 Å². The largest absolute Gasteiger partial charge is 0.358 e. The Hall–Kier alpha value is -3.60. The van der Waals surface area contributed by atoms with Gasteiger partial charge in [-0.3, -0.25) is 4.68 Å². The van der Waals surface area contributed by atoms with Crippen LogP contribution in [0.25, 0.3) is 0 Å². The minimum atomic E-state index is 0.880. The van der Waals surface area contributed by atoms with Crippen LogP contribution in [-0.2, 0) is 19.9 Å². The third-order valence-electron chi connectivity index (χ3n) is 5.82. The Bertz CT molecular complexity index is 1120. The number of hydrogen-bond acceptors (Lipinski definition) is 4. The molecule has 5 rings (SSSR count). The summed E-state index contributed by atoms with van der Waals surface area (Å²) in [4.78, 5) is 9.80. The van der Waals surface area contributed by atoms with Crippen LogP contribution < -0.4 is 0 Å². The molecule has 0 saturated carbocycles. The van der Waals surface area contributed by atoms with Crippen LogP contribution in [0.15, 0.2) is 102 Å². The highest BCUT2D eigenvalue weighted by molar-refractivity contribution is 6.11. The minimum absolute atomic E-state index is 0.880. The van der Waals surface area contributed by atoms with Crippen molar-refractivity contribution in [3.63, 3.8) is 0 Å². The highest BCUT2D eigenvalue weighted by atomic mass is 15.3. The molecule has 0 amide bonds. The maximum atomic E-state index is 4.95. The number of nitrogens with zero attached hydrogens (tertiary/aromatic N) is 5. The fraction of sp³-hybridized carbons (Fsp3) is 0.231. The minimum Gasteiger partial charge on any atom is -0.358 e. The smallest absolute Gasteiger partial charge is 0.103 e. The quantitative estimate of drug-likeness (QED) is 0.592. The summed E-state index contributed by atoms with van der Waals surface area (Å²) in [6.07, 6.45) is 10.4. The summed E-state index contributed by atoms with van der Waals surface area (Å²) in [5.74, 6) is 0. The second-order valence-corrected chi connectivity index (χ2v) is 8.13. The third-order valence-corrected chi connectivity index (χ3v) is 5.82. The molecular formula is C26H27N5. The van der Waals surface area contributed by atoms with E-state index >= 15 is 0 Å². The van der Waals surface area contributed by atoms with Gasteiger partial charge in [-0.2, -0.15) is 5.10 Å². The summed E-state index contributed by atoms with van der Waals surface area (Å²) in [5, 5.41) is 4.31. The molecule has 2 aromatic carbocycles. The van der Waals surface area contributed by atoms with E-state index in [1.54, 1.807) is 0 Å². The van der Waals surface area contributed by atoms with Gasteiger partial charge < -0.3 is 9.80 Å². The molecule has 5 heteroatoms. The van der Waals surface area contributed by atoms with Crippen molar-refractivity contribution in [1.29, 1.82) is 0 Å². The normalized spacial score (nSPS) is 15.5. The summed E-state index contributed by atoms with van der Waals surface area (Å²) in [7, 11) is 1.94. The zero-order valence-corrected chi connectivity index (χ0v) is 17.9. The maximum Gasteiger partial charge on any atom is 0.103 e. The van der Waals surface area contributed by atoms with Gasteiger partial charge in [0.05, 0.1) is 24.3 Å². The van der Waals surface area contributed by atoms with Gasteiger partial charge in [-0.15, -0.1) is 0 Å². The molecule has 1 aromatic heterocycles. The first-order chi connectivity index (χ1) is 15.2. The summed E-state index contributed by atoms with van der Waals surface area (Å²) < 4.78 is 1.83. The molecule has 2 aliphatic heterocycles. The number of aryl methyl sites for hydroxylation is 1. The topological polar surface area (TPSA) is 36.7 Å². The van der Waals surface area contributed by atoms with Gasteiger partial charge in [0.25, 0.3) is 0 Å². The van der Waals surface area contributed by atoms with E-state index in [-0.39, 0.29) is 0 Å². The van der Waals surface area contributed by atoms with Gasteiger partial charge in [-0.05, 0) is 30.0 Å². The Labute approximate surface area is 183 Å². The first-order valence-corrected chi connectivity index (χ1v) is 10.8. The van der Waals surface area contributed by atoms with Crippen molar-refractivity contribution in [3.05, 3.63) is 113 Å². The van der Waals surface area contributed by atoms with E-state index in [4.69, 9.17) is 4.99 Å². The van der Waals surface area contributed by atoms with Gasteiger partial charge >= 0.3 is 0 Å². The fourth-order valence-electron chi connectivity index (χ4n) is 4.13. The number of allylic oxidation sites excluding steroid dienone is 1. The molecule has 0 N–H and O–H groups in total. The second-order valence-electron chi connectivity index (χ2n) is 8.13. The van der Waals surface area contributed by atoms with Crippen LogP contribution in [0.3, 0.4) is 0 Å². The third kappa shape index (κ3) is 4.45. The van der Waals surface area contributed by atoms with E-state index in [0.29, 0.717) is 0 Å². The van der Waals surface area contributed by atoms with Crippen LogP contribution >= 0.6 is 0 Å². The summed E-state index contributed by atoms with van der Waals surface area (Å²) >= 11 is 0. The van der Waals surface area contributed by atoms with Gasteiger partial charge in [-0.1, -0.05) is 60.7 Å². The Kier molecular flexibility index (Phi) is 5.40. The zero-order valence-electron chi connectivity index (χ0n) is 17.9. The molecule has 156 valence electrons. The molecule has 0 aliphatic carbocycles. The van der Waals surface area contributed by atoms with E-state index in [0.717, 1.165) is 49.6 Å². The molecule has 2 aliphatic rings. The maximum absolute atomic E-state index is 4.95. The first-order valence-electron chi connectivity index (χ1n) is 10.8. The van der Waals surface area contributed by atoms with E-state index in [2.05, 4.69) is 87.8 Å². The zero-order chi connectivity index (χ0) is 21.0. The van der Waals surface area contributed by atoms with Crippen LogP contribution in [0.5, 0.6) is 0 Å². The lowest BCUT2D eigenvalue weighted by molar-refractivity contribution is 0.199. The molecule has 3 aromatic rings. The predicted molar refractivity (Wildman–Crippen MR) is 124 cm³/mol. The Balaban J connectivity index is 1.37. The molecular weight excluding hydrogens is 382 g/mol. The second kappa shape index (κ2) is 8.64. The number of hydrogen-bond donors (Lipinski definition) is 0. The Morgan fingerprint density at radius 1 is 0.871 bits per heavy atom. The molecule has 0 radical (unpaired) electrons. The molecule has 31 heavy (non-hydrogen) atoms. The van der Waals surface area contributed by atoms with Gasteiger partial charge in [0.1, 0.15) is 5.70 Å². The number of benzene rings is 2. The van der Waals surface area contributed by atoms with Crippen molar-refractivity contribution in [3.8, 4) is 0 Å². The predicted octanol–water partition coefficient (Wildman–Crippen LogP) is 4.01. The van der Waals surface area contributed by atoms with Crippen molar-refractivity contribution in [2.24, 2.45) is 12.0 Å². The lowest BCUT2D eigenvalue weighted by atomic mass is 10.1. The summed E-state index contributed by atoms with van der Waals surface area (Å²) in [5.41, 5.74) is 7.04. The molecule has 0 saturated heterocycles. The molecule has 0 unspecified atom stereocenters. The van der Waals surface area contributed by atoms with Crippen molar-refractivity contribution < 1.29 is 0 Å². The molecule has 3 heterocycles. The SMILES string of the molecule is Cn1cc(C2=NC3=CN(CCc4ccccc4)CN(CCc4ccccc4)C3=C2)cn1. The molecule has 0 fully saturated rings. The standard InChI is InChI=1S/C26H27N5/c1-29-18-23(17-27-29)24-16-26-25(28-24)19-30(14-12-21-8-4-2-5-9-21)20-31(26)15-13-22-10-6-3-7-11-22/h2-11,16-19H,12-15,20H2,1H3. The monoisotopic (exact) mass is 409 g/mol. The summed E-state index contributed by atoms with van der Waals surface area (Å²) in [6, 6.07) is 21.4. The highest BCUT2D eigenvalue weighted by Crippen LogP contribution is 2.30. The number of rotatable bonds is 7. The van der Waals surface area contributed by atoms with E-state index < -0.39 is 0 Å². The van der Waals surface area contributed by atoms with Gasteiger partial charge in [0.2, 0.25) is 0 Å². The lowest BCUT2D eigenvalue weighted by Gasteiger charge is -2.36. The van der Waals surface area contributed by atoms with Crippen LogP contribution in [0.1, 0.15) is 16.7 Å². The number of aliphatic imine (C=N–C) groups is 1. The van der Waals surface area contributed by atoms with Crippen LogP contribution in [0.4, 0.5) is 0 Å². The Morgan fingerprint density at radius 2 is 1.55 bits per heavy atom. The molecule has 0 spiro atoms. The van der Waals surface area contributed by atoms with Gasteiger partial charge in [0.15, 0.2) is 0 Å². The van der Waals surface area contributed by atoms with E-state index in [1.165, 1.54) is 16.8 Å². The van der Waals surface area contributed by atoms with E-state index in [1.807, 2.05) is 24.1 Å². The lowest BCUT2D eigenvalue weighted by Crippen LogP contribution is -2.40. The molecule has 0 bridgehead atoms. The van der Waals surface area contributed by atoms with Crippen molar-refractivity contribution in [2.45, 2.75) is 12.8 Å². The molecule has 5 nitrogen and oxygen atoms in total. The average Bonchev–Trinajstić information content (AvgIpc) is 3.43. The van der Waals surface area contributed by atoms with Crippen molar-refractivity contribution in [2.75, 3.05) is 19.8 Å². The van der Waals surface area contributed by atoms with Crippen molar-refractivity contribution in [1.82, 2.24) is 19.6 Å². The number of aromatic nitrogens is 2. The van der Waals surface area contributed by atoms with Crippen LogP contribution in [0.2, 0.25) is 0 Å². The van der Waals surface area contributed by atoms with E-state index in [9.17, 15) is 0 Å². The molecule has 0 atom stereocenters. The average molecular weight is 410 g/mol. The first kappa shape index (κ1) is 19.4. The Morgan fingerprint density at radius 3 is 2.19 bits per heavy atom. The number of fused-ring (bicyclic) bond motifs is 1.